The zero-order valence-electron chi connectivity index (χ0n) is 11.3. The van der Waals surface area contributed by atoms with Gasteiger partial charge in [0.05, 0.1) is 6.04 Å². The van der Waals surface area contributed by atoms with Crippen LogP contribution < -0.4 is 5.32 Å². The van der Waals surface area contributed by atoms with Gasteiger partial charge in [0.2, 0.25) is 0 Å². The molecule has 2 unspecified atom stereocenters. The molecule has 1 N–H and O–H groups in total. The van der Waals surface area contributed by atoms with Crippen molar-refractivity contribution in [1.29, 1.82) is 0 Å². The molecule has 0 saturated heterocycles. The Morgan fingerprint density at radius 1 is 1.41 bits per heavy atom. The van der Waals surface area contributed by atoms with Gasteiger partial charge in [0.1, 0.15) is 10.0 Å². The van der Waals surface area contributed by atoms with Gasteiger partial charge in [-0.25, -0.2) is 0 Å². The number of aromatic nitrogens is 2. The highest BCUT2D eigenvalue weighted by atomic mass is 32.1. The van der Waals surface area contributed by atoms with Crippen LogP contribution in [0.4, 0.5) is 0 Å². The number of hydrogen-bond acceptors (Lipinski definition) is 4. The molecule has 2 rings (SSSR count). The zero-order chi connectivity index (χ0) is 12.5. The van der Waals surface area contributed by atoms with Crippen LogP contribution in [0.25, 0.3) is 0 Å². The molecule has 17 heavy (non-hydrogen) atoms. The van der Waals surface area contributed by atoms with E-state index in [2.05, 4.69) is 43.2 Å². The molecule has 2 atom stereocenters. The molecule has 0 aromatic carbocycles. The van der Waals surface area contributed by atoms with Crippen LogP contribution in [0, 0.1) is 5.41 Å². The van der Waals surface area contributed by atoms with Gasteiger partial charge >= 0.3 is 0 Å². The first-order chi connectivity index (χ1) is 8.08. The molecule has 1 aromatic heterocycles. The molecule has 0 radical (unpaired) electrons. The van der Waals surface area contributed by atoms with Crippen molar-refractivity contribution in [2.24, 2.45) is 5.41 Å². The SMILES string of the molecule is CCCNC(CC)c1nnc(C2CC2(C)C)s1. The van der Waals surface area contributed by atoms with Crippen LogP contribution in [0.15, 0.2) is 0 Å². The Labute approximate surface area is 108 Å². The van der Waals surface area contributed by atoms with Crippen molar-refractivity contribution in [3.8, 4) is 0 Å². The average molecular weight is 253 g/mol. The van der Waals surface area contributed by atoms with Gasteiger partial charge in [0, 0.05) is 5.92 Å². The molecule has 1 fully saturated rings. The van der Waals surface area contributed by atoms with Gasteiger partial charge in [-0.1, -0.05) is 39.0 Å². The highest BCUT2D eigenvalue weighted by Gasteiger charge is 2.48. The minimum Gasteiger partial charge on any atom is -0.308 e. The lowest BCUT2D eigenvalue weighted by molar-refractivity contribution is 0.512. The van der Waals surface area contributed by atoms with Crippen LogP contribution in [0.5, 0.6) is 0 Å². The Kier molecular flexibility index (Phi) is 3.83. The molecule has 1 aliphatic rings. The highest BCUT2D eigenvalue weighted by molar-refractivity contribution is 7.11. The summed E-state index contributed by atoms with van der Waals surface area (Å²) in [5.41, 5.74) is 0.454. The van der Waals surface area contributed by atoms with Crippen molar-refractivity contribution in [2.45, 2.75) is 58.9 Å². The van der Waals surface area contributed by atoms with Gasteiger partial charge in [-0.15, -0.1) is 10.2 Å². The maximum absolute atomic E-state index is 4.38. The summed E-state index contributed by atoms with van der Waals surface area (Å²) in [4.78, 5) is 0. The molecular weight excluding hydrogens is 230 g/mol. The van der Waals surface area contributed by atoms with Gasteiger partial charge in [-0.2, -0.15) is 0 Å². The minimum absolute atomic E-state index is 0.392. The average Bonchev–Trinajstić information content (AvgIpc) is 2.75. The topological polar surface area (TPSA) is 37.8 Å². The molecule has 4 heteroatoms. The number of nitrogens with zero attached hydrogens (tertiary/aromatic N) is 2. The molecule has 96 valence electrons. The zero-order valence-corrected chi connectivity index (χ0v) is 12.1. The summed E-state index contributed by atoms with van der Waals surface area (Å²) < 4.78 is 0. The summed E-state index contributed by atoms with van der Waals surface area (Å²) in [5.74, 6) is 0.650. The van der Waals surface area contributed by atoms with E-state index in [-0.39, 0.29) is 0 Å². The first kappa shape index (κ1) is 13.0. The molecule has 1 aromatic rings. The third kappa shape index (κ3) is 2.86. The molecule has 0 bridgehead atoms. The number of nitrogens with one attached hydrogen (secondary N) is 1. The lowest BCUT2D eigenvalue weighted by Crippen LogP contribution is -2.21. The fourth-order valence-electron chi connectivity index (χ4n) is 2.14. The van der Waals surface area contributed by atoms with Crippen LogP contribution in [0.3, 0.4) is 0 Å². The summed E-state index contributed by atoms with van der Waals surface area (Å²) in [6.07, 6.45) is 3.52. The fraction of sp³-hybridized carbons (Fsp3) is 0.846. The molecule has 0 spiro atoms. The van der Waals surface area contributed by atoms with E-state index in [1.54, 1.807) is 11.3 Å². The van der Waals surface area contributed by atoms with E-state index in [1.165, 1.54) is 16.4 Å². The molecular formula is C13H23N3S. The fourth-order valence-corrected chi connectivity index (χ4v) is 3.46. The van der Waals surface area contributed by atoms with E-state index in [0.717, 1.165) is 19.4 Å². The largest absolute Gasteiger partial charge is 0.308 e. The maximum Gasteiger partial charge on any atom is 0.134 e. The van der Waals surface area contributed by atoms with E-state index < -0.39 is 0 Å². The molecule has 0 amide bonds. The second-order valence-corrected chi connectivity index (χ2v) is 6.68. The molecule has 3 nitrogen and oxygen atoms in total. The van der Waals surface area contributed by atoms with Crippen LogP contribution in [-0.2, 0) is 0 Å². The van der Waals surface area contributed by atoms with Crippen LogP contribution in [0.2, 0.25) is 0 Å². The molecule has 1 heterocycles. The monoisotopic (exact) mass is 253 g/mol. The first-order valence-electron chi connectivity index (χ1n) is 6.65. The van der Waals surface area contributed by atoms with E-state index in [0.29, 0.717) is 17.4 Å². The minimum atomic E-state index is 0.392. The van der Waals surface area contributed by atoms with E-state index in [1.807, 2.05) is 0 Å². The predicted molar refractivity (Wildman–Crippen MR) is 72.4 cm³/mol. The Morgan fingerprint density at radius 2 is 2.12 bits per heavy atom. The van der Waals surface area contributed by atoms with Gasteiger partial charge in [-0.05, 0) is 31.2 Å². The first-order valence-corrected chi connectivity index (χ1v) is 7.46. The summed E-state index contributed by atoms with van der Waals surface area (Å²) in [5, 5.41) is 14.7. The second kappa shape index (κ2) is 5.02. The van der Waals surface area contributed by atoms with Crippen LogP contribution in [0.1, 0.15) is 68.9 Å². The van der Waals surface area contributed by atoms with Crippen molar-refractivity contribution in [3.05, 3.63) is 10.0 Å². The van der Waals surface area contributed by atoms with Crippen molar-refractivity contribution in [3.63, 3.8) is 0 Å². The summed E-state index contributed by atoms with van der Waals surface area (Å²) in [6.45, 7) is 10.1. The van der Waals surface area contributed by atoms with Gasteiger partial charge < -0.3 is 5.32 Å². The Hall–Kier alpha value is -0.480. The van der Waals surface area contributed by atoms with Crippen LogP contribution in [-0.4, -0.2) is 16.7 Å². The predicted octanol–water partition coefficient (Wildman–Crippen LogP) is 3.50. The lowest BCUT2D eigenvalue weighted by atomic mass is 10.1. The van der Waals surface area contributed by atoms with Crippen molar-refractivity contribution < 1.29 is 0 Å². The van der Waals surface area contributed by atoms with E-state index in [4.69, 9.17) is 0 Å². The summed E-state index contributed by atoms with van der Waals surface area (Å²) >= 11 is 1.80. The Bertz CT molecular complexity index is 372. The normalized spacial score (nSPS) is 23.6. The summed E-state index contributed by atoms with van der Waals surface area (Å²) in [7, 11) is 0. The molecule has 1 aliphatic carbocycles. The highest BCUT2D eigenvalue weighted by Crippen LogP contribution is 2.59. The number of hydrogen-bond donors (Lipinski definition) is 1. The Balaban J connectivity index is 2.01. The molecule has 1 saturated carbocycles. The van der Waals surface area contributed by atoms with Crippen molar-refractivity contribution in [1.82, 2.24) is 15.5 Å². The smallest absolute Gasteiger partial charge is 0.134 e. The van der Waals surface area contributed by atoms with Gasteiger partial charge in [-0.3, -0.25) is 0 Å². The maximum atomic E-state index is 4.38. The second-order valence-electron chi connectivity index (χ2n) is 5.64. The van der Waals surface area contributed by atoms with Crippen molar-refractivity contribution in [2.75, 3.05) is 6.54 Å². The quantitative estimate of drug-likeness (QED) is 0.843. The van der Waals surface area contributed by atoms with E-state index >= 15 is 0 Å². The van der Waals surface area contributed by atoms with Crippen LogP contribution >= 0.6 is 11.3 Å². The standard InChI is InChI=1S/C13H23N3S/c1-5-7-14-10(6-2)12-16-15-11(17-12)9-8-13(9,3)4/h9-10,14H,5-8H2,1-4H3. The Morgan fingerprint density at radius 3 is 2.65 bits per heavy atom. The van der Waals surface area contributed by atoms with Gasteiger partial charge in [0.15, 0.2) is 0 Å². The number of rotatable bonds is 6. The summed E-state index contributed by atoms with van der Waals surface area (Å²) in [6, 6.07) is 0.392. The van der Waals surface area contributed by atoms with E-state index in [9.17, 15) is 0 Å². The van der Waals surface area contributed by atoms with Gasteiger partial charge in [0.25, 0.3) is 0 Å². The molecule has 0 aliphatic heterocycles. The third-order valence-electron chi connectivity index (χ3n) is 3.61. The third-order valence-corrected chi connectivity index (χ3v) is 4.77. The lowest BCUT2D eigenvalue weighted by Gasteiger charge is -2.12. The van der Waals surface area contributed by atoms with Crippen molar-refractivity contribution >= 4 is 11.3 Å².